The maximum absolute atomic E-state index is 12.3. The van der Waals surface area contributed by atoms with E-state index in [0.717, 1.165) is 0 Å². The molecule has 0 aliphatic carbocycles. The van der Waals surface area contributed by atoms with Crippen LogP contribution in [0.25, 0.3) is 0 Å². The van der Waals surface area contributed by atoms with Gasteiger partial charge in [0.1, 0.15) is 0 Å². The first-order valence-electron chi connectivity index (χ1n) is 5.02. The second kappa shape index (κ2) is 5.40. The SMILES string of the molecule is CC(C)=C(C)C(=O)NCC(O)(C(F)(F)F)C(F)(F)F. The van der Waals surface area contributed by atoms with Gasteiger partial charge in [-0.15, -0.1) is 0 Å². The van der Waals surface area contributed by atoms with Crippen molar-refractivity contribution in [1.29, 1.82) is 0 Å². The van der Waals surface area contributed by atoms with Crippen molar-refractivity contribution in [3.63, 3.8) is 0 Å². The molecule has 0 heterocycles. The van der Waals surface area contributed by atoms with E-state index in [2.05, 4.69) is 0 Å². The van der Waals surface area contributed by atoms with Gasteiger partial charge >= 0.3 is 12.4 Å². The molecule has 0 saturated heterocycles. The standard InChI is InChI=1S/C10H13F6NO2/c1-5(2)6(3)7(18)17-4-8(19,9(11,12)13)10(14,15)16/h19H,4H2,1-3H3,(H,17,18). The molecule has 19 heavy (non-hydrogen) atoms. The summed E-state index contributed by atoms with van der Waals surface area (Å²) in [6.45, 7) is 2.18. The molecule has 0 aliphatic heterocycles. The molecule has 0 spiro atoms. The molecule has 112 valence electrons. The van der Waals surface area contributed by atoms with Crippen LogP contribution in [-0.4, -0.2) is 35.5 Å². The van der Waals surface area contributed by atoms with Crippen LogP contribution in [-0.2, 0) is 4.79 Å². The fourth-order valence-electron chi connectivity index (χ4n) is 0.929. The second-order valence-electron chi connectivity index (χ2n) is 4.16. The molecule has 0 aromatic carbocycles. The summed E-state index contributed by atoms with van der Waals surface area (Å²) < 4.78 is 73.7. The van der Waals surface area contributed by atoms with Gasteiger partial charge in [-0.25, -0.2) is 0 Å². The van der Waals surface area contributed by atoms with Crippen LogP contribution in [0.2, 0.25) is 0 Å². The molecule has 0 rings (SSSR count). The summed E-state index contributed by atoms with van der Waals surface area (Å²) in [5.41, 5.74) is -4.57. The molecule has 2 N–H and O–H groups in total. The zero-order chi connectivity index (χ0) is 15.6. The molecule has 3 nitrogen and oxygen atoms in total. The minimum Gasteiger partial charge on any atom is -0.372 e. The predicted octanol–water partition coefficient (Wildman–Crippen LogP) is 2.31. The van der Waals surface area contributed by atoms with E-state index in [9.17, 15) is 31.1 Å². The highest BCUT2D eigenvalue weighted by molar-refractivity contribution is 5.93. The molecule has 0 aromatic rings. The third-order valence-corrected chi connectivity index (χ3v) is 2.53. The summed E-state index contributed by atoms with van der Waals surface area (Å²) in [7, 11) is 0. The van der Waals surface area contributed by atoms with Crippen LogP contribution in [0.15, 0.2) is 11.1 Å². The first-order chi connectivity index (χ1) is 8.24. The monoisotopic (exact) mass is 293 g/mol. The number of hydrogen-bond acceptors (Lipinski definition) is 2. The first kappa shape index (κ1) is 17.8. The van der Waals surface area contributed by atoms with E-state index in [-0.39, 0.29) is 5.57 Å². The van der Waals surface area contributed by atoms with Gasteiger partial charge in [-0.2, -0.15) is 26.3 Å². The quantitative estimate of drug-likeness (QED) is 0.620. The molecule has 0 aliphatic rings. The van der Waals surface area contributed by atoms with Gasteiger partial charge in [0.25, 0.3) is 5.60 Å². The van der Waals surface area contributed by atoms with Crippen molar-refractivity contribution < 1.29 is 36.2 Å². The van der Waals surface area contributed by atoms with E-state index in [4.69, 9.17) is 5.11 Å². The Morgan fingerprint density at radius 1 is 1.00 bits per heavy atom. The third-order valence-electron chi connectivity index (χ3n) is 2.53. The summed E-state index contributed by atoms with van der Waals surface area (Å²) in [5, 5.41) is 10.2. The number of carbonyl (C=O) groups excluding carboxylic acids is 1. The largest absolute Gasteiger partial charge is 0.428 e. The van der Waals surface area contributed by atoms with Crippen LogP contribution in [0, 0.1) is 0 Å². The smallest absolute Gasteiger partial charge is 0.372 e. The van der Waals surface area contributed by atoms with Gasteiger partial charge in [-0.05, 0) is 20.8 Å². The van der Waals surface area contributed by atoms with Crippen LogP contribution in [0.4, 0.5) is 26.3 Å². The lowest BCUT2D eigenvalue weighted by Crippen LogP contribution is -2.62. The number of aliphatic hydroxyl groups is 1. The topological polar surface area (TPSA) is 49.3 Å². The van der Waals surface area contributed by atoms with Crippen LogP contribution in [0.5, 0.6) is 0 Å². The molecular formula is C10H13F6NO2. The number of hydrogen-bond donors (Lipinski definition) is 2. The Balaban J connectivity index is 5.12. The first-order valence-corrected chi connectivity index (χ1v) is 5.02. The fourth-order valence-corrected chi connectivity index (χ4v) is 0.929. The van der Waals surface area contributed by atoms with Crippen molar-refractivity contribution in [1.82, 2.24) is 5.32 Å². The Bertz CT molecular complexity index is 364. The van der Waals surface area contributed by atoms with Crippen molar-refractivity contribution in [3.8, 4) is 0 Å². The Hall–Kier alpha value is -1.25. The van der Waals surface area contributed by atoms with Gasteiger partial charge in [0.05, 0.1) is 6.54 Å². The summed E-state index contributed by atoms with van der Waals surface area (Å²) >= 11 is 0. The maximum atomic E-state index is 12.3. The summed E-state index contributed by atoms with van der Waals surface area (Å²) in [5.74, 6) is -1.10. The van der Waals surface area contributed by atoms with E-state index in [0.29, 0.717) is 5.57 Å². The Kier molecular flexibility index (Phi) is 5.04. The minimum absolute atomic E-state index is 0.0216. The zero-order valence-corrected chi connectivity index (χ0v) is 10.3. The highest BCUT2D eigenvalue weighted by atomic mass is 19.4. The van der Waals surface area contributed by atoms with Crippen molar-refractivity contribution in [2.45, 2.75) is 38.7 Å². The number of amides is 1. The number of halogens is 6. The van der Waals surface area contributed by atoms with E-state index >= 15 is 0 Å². The lowest BCUT2D eigenvalue weighted by Gasteiger charge is -2.32. The summed E-state index contributed by atoms with van der Waals surface area (Å²) in [6.07, 6.45) is -11.9. The Morgan fingerprint density at radius 3 is 1.63 bits per heavy atom. The minimum atomic E-state index is -5.95. The van der Waals surface area contributed by atoms with Crippen molar-refractivity contribution in [2.75, 3.05) is 6.54 Å². The lowest BCUT2D eigenvalue weighted by atomic mass is 10.0. The van der Waals surface area contributed by atoms with Gasteiger partial charge in [0.15, 0.2) is 0 Å². The molecule has 0 fully saturated rings. The van der Waals surface area contributed by atoms with Crippen LogP contribution in [0.1, 0.15) is 20.8 Å². The molecule has 0 aromatic heterocycles. The number of carbonyl (C=O) groups is 1. The van der Waals surface area contributed by atoms with E-state index in [1.807, 2.05) is 0 Å². The number of alkyl halides is 6. The molecule has 0 radical (unpaired) electrons. The highest BCUT2D eigenvalue weighted by Crippen LogP contribution is 2.42. The molecule has 0 bridgehead atoms. The molecule has 1 amide bonds. The van der Waals surface area contributed by atoms with Gasteiger partial charge in [-0.3, -0.25) is 4.79 Å². The lowest BCUT2D eigenvalue weighted by molar-refractivity contribution is -0.364. The highest BCUT2D eigenvalue weighted by Gasteiger charge is 2.70. The van der Waals surface area contributed by atoms with Gasteiger partial charge in [0.2, 0.25) is 5.91 Å². The van der Waals surface area contributed by atoms with E-state index in [1.54, 1.807) is 0 Å². The van der Waals surface area contributed by atoms with Crippen LogP contribution in [0.3, 0.4) is 0 Å². The van der Waals surface area contributed by atoms with Crippen LogP contribution >= 0.6 is 0 Å². The maximum Gasteiger partial charge on any atom is 0.428 e. The van der Waals surface area contributed by atoms with E-state index in [1.165, 1.54) is 26.1 Å². The van der Waals surface area contributed by atoms with Crippen molar-refractivity contribution >= 4 is 5.91 Å². The molecule has 0 saturated carbocycles. The van der Waals surface area contributed by atoms with Gasteiger partial charge in [0, 0.05) is 5.57 Å². The molecular weight excluding hydrogens is 280 g/mol. The fraction of sp³-hybridized carbons (Fsp3) is 0.700. The average molecular weight is 293 g/mol. The Morgan fingerprint density at radius 2 is 1.37 bits per heavy atom. The third kappa shape index (κ3) is 3.85. The predicted molar refractivity (Wildman–Crippen MR) is 54.1 cm³/mol. The summed E-state index contributed by atoms with van der Waals surface area (Å²) in [6, 6.07) is 0. The number of nitrogens with one attached hydrogen (secondary N) is 1. The molecule has 0 atom stereocenters. The van der Waals surface area contributed by atoms with Gasteiger partial charge in [-0.1, -0.05) is 5.57 Å². The summed E-state index contributed by atoms with van der Waals surface area (Å²) in [4.78, 5) is 11.3. The van der Waals surface area contributed by atoms with Crippen molar-refractivity contribution in [2.24, 2.45) is 0 Å². The Labute approximate surface area is 105 Å². The zero-order valence-electron chi connectivity index (χ0n) is 10.3. The van der Waals surface area contributed by atoms with E-state index < -0.39 is 30.4 Å². The molecule has 0 unspecified atom stereocenters. The molecule has 9 heteroatoms. The average Bonchev–Trinajstić information content (AvgIpc) is 2.20. The van der Waals surface area contributed by atoms with Crippen LogP contribution < -0.4 is 5.32 Å². The van der Waals surface area contributed by atoms with Gasteiger partial charge < -0.3 is 10.4 Å². The number of allylic oxidation sites excluding steroid dienone is 1. The second-order valence-corrected chi connectivity index (χ2v) is 4.16. The number of rotatable bonds is 3. The van der Waals surface area contributed by atoms with Crippen molar-refractivity contribution in [3.05, 3.63) is 11.1 Å². The normalized spacial score (nSPS) is 13.2.